The molecule has 2 aromatic rings. The molecule has 0 aliphatic carbocycles. The molecule has 0 radical (unpaired) electrons. The van der Waals surface area contributed by atoms with Gasteiger partial charge in [0.2, 0.25) is 11.8 Å². The third-order valence-electron chi connectivity index (χ3n) is 6.12. The van der Waals surface area contributed by atoms with Crippen molar-refractivity contribution >= 4 is 27.3 Å². The minimum atomic E-state index is -3.60. The lowest BCUT2D eigenvalue weighted by atomic mass is 10.1. The average molecular weight is 487 g/mol. The molecule has 1 aliphatic rings. The fourth-order valence-electron chi connectivity index (χ4n) is 4.03. The largest absolute Gasteiger partial charge is 0.376 e. The Balaban J connectivity index is 1.60. The van der Waals surface area contributed by atoms with E-state index in [0.717, 1.165) is 29.5 Å². The lowest BCUT2D eigenvalue weighted by Gasteiger charge is -2.25. The van der Waals surface area contributed by atoms with Crippen LogP contribution in [0.3, 0.4) is 0 Å². The maximum atomic E-state index is 13.0. The van der Waals surface area contributed by atoms with E-state index in [1.807, 2.05) is 62.4 Å². The van der Waals surface area contributed by atoms with Gasteiger partial charge in [0, 0.05) is 18.8 Å². The SMILES string of the molecule is Cc1cccc(NC(=O)CN(CC2CCCO2)C(=O)CS(=O)(=O)CCCc2ccccc2)c1C. The molecule has 0 saturated carbocycles. The number of rotatable bonds is 11. The Morgan fingerprint density at radius 3 is 2.56 bits per heavy atom. The van der Waals surface area contributed by atoms with Gasteiger partial charge in [-0.2, -0.15) is 0 Å². The second-order valence-corrected chi connectivity index (χ2v) is 11.1. The van der Waals surface area contributed by atoms with E-state index >= 15 is 0 Å². The van der Waals surface area contributed by atoms with Gasteiger partial charge in [0.25, 0.3) is 0 Å². The Labute approximate surface area is 202 Å². The first-order chi connectivity index (χ1) is 16.2. The molecule has 0 spiro atoms. The van der Waals surface area contributed by atoms with Crippen molar-refractivity contribution in [2.24, 2.45) is 0 Å². The number of nitrogens with zero attached hydrogens (tertiary/aromatic N) is 1. The van der Waals surface area contributed by atoms with Gasteiger partial charge in [-0.25, -0.2) is 8.42 Å². The van der Waals surface area contributed by atoms with E-state index in [0.29, 0.717) is 25.1 Å². The zero-order valence-electron chi connectivity index (χ0n) is 20.0. The monoisotopic (exact) mass is 486 g/mol. The molecule has 8 heteroatoms. The lowest BCUT2D eigenvalue weighted by molar-refractivity contribution is -0.133. The van der Waals surface area contributed by atoms with Crippen LogP contribution in [0.1, 0.15) is 36.0 Å². The van der Waals surface area contributed by atoms with E-state index < -0.39 is 21.5 Å². The van der Waals surface area contributed by atoms with Crippen molar-refractivity contribution in [1.82, 2.24) is 4.90 Å². The first-order valence-corrected chi connectivity index (χ1v) is 13.6. The summed E-state index contributed by atoms with van der Waals surface area (Å²) in [7, 11) is -3.60. The van der Waals surface area contributed by atoms with E-state index in [1.165, 1.54) is 4.90 Å². The van der Waals surface area contributed by atoms with E-state index in [-0.39, 0.29) is 30.9 Å². The highest BCUT2D eigenvalue weighted by atomic mass is 32.2. The molecule has 1 heterocycles. The maximum Gasteiger partial charge on any atom is 0.244 e. The Morgan fingerprint density at radius 2 is 1.85 bits per heavy atom. The zero-order valence-corrected chi connectivity index (χ0v) is 20.8. The topological polar surface area (TPSA) is 92.8 Å². The van der Waals surface area contributed by atoms with Gasteiger partial charge in [-0.1, -0.05) is 42.5 Å². The number of benzene rings is 2. The van der Waals surface area contributed by atoms with Gasteiger partial charge in [-0.05, 0) is 62.3 Å². The highest BCUT2D eigenvalue weighted by molar-refractivity contribution is 7.92. The van der Waals surface area contributed by atoms with Gasteiger partial charge in [-0.3, -0.25) is 9.59 Å². The molecule has 1 N–H and O–H groups in total. The molecule has 184 valence electrons. The molecule has 1 atom stereocenters. The van der Waals surface area contributed by atoms with Crippen molar-refractivity contribution in [1.29, 1.82) is 0 Å². The van der Waals surface area contributed by atoms with Gasteiger partial charge in [-0.15, -0.1) is 0 Å². The quantitative estimate of drug-likeness (QED) is 0.526. The van der Waals surface area contributed by atoms with Crippen molar-refractivity contribution in [3.05, 3.63) is 65.2 Å². The average Bonchev–Trinajstić information content (AvgIpc) is 3.30. The van der Waals surface area contributed by atoms with Crippen LogP contribution in [0.4, 0.5) is 5.69 Å². The molecule has 1 fully saturated rings. The van der Waals surface area contributed by atoms with Crippen molar-refractivity contribution in [3.8, 4) is 0 Å². The van der Waals surface area contributed by atoms with Gasteiger partial charge in [0.1, 0.15) is 5.75 Å². The van der Waals surface area contributed by atoms with E-state index in [9.17, 15) is 18.0 Å². The zero-order chi connectivity index (χ0) is 24.6. The highest BCUT2D eigenvalue weighted by Gasteiger charge is 2.27. The normalized spacial score (nSPS) is 15.8. The van der Waals surface area contributed by atoms with Crippen LogP contribution in [0.2, 0.25) is 0 Å². The number of sulfone groups is 1. The summed E-state index contributed by atoms with van der Waals surface area (Å²) < 4.78 is 30.9. The molecule has 1 aliphatic heterocycles. The lowest BCUT2D eigenvalue weighted by Crippen LogP contribution is -2.45. The third-order valence-corrected chi connectivity index (χ3v) is 7.72. The number of nitrogens with one attached hydrogen (secondary N) is 1. The smallest absolute Gasteiger partial charge is 0.244 e. The number of amides is 2. The summed E-state index contributed by atoms with van der Waals surface area (Å²) in [6.45, 7) is 4.48. The summed E-state index contributed by atoms with van der Waals surface area (Å²) in [4.78, 5) is 27.1. The van der Waals surface area contributed by atoms with Crippen LogP contribution in [0.5, 0.6) is 0 Å². The molecule has 3 rings (SSSR count). The first-order valence-electron chi connectivity index (χ1n) is 11.7. The molecule has 34 heavy (non-hydrogen) atoms. The Hall–Kier alpha value is -2.71. The van der Waals surface area contributed by atoms with Crippen LogP contribution in [0.15, 0.2) is 48.5 Å². The van der Waals surface area contributed by atoms with Gasteiger partial charge >= 0.3 is 0 Å². The fraction of sp³-hybridized carbons (Fsp3) is 0.462. The molecule has 0 bridgehead atoms. The summed E-state index contributed by atoms with van der Waals surface area (Å²) in [5, 5.41) is 2.85. The van der Waals surface area contributed by atoms with E-state index in [2.05, 4.69) is 5.32 Å². The number of hydrogen-bond donors (Lipinski definition) is 1. The molecule has 7 nitrogen and oxygen atoms in total. The molecule has 1 unspecified atom stereocenters. The van der Waals surface area contributed by atoms with Crippen molar-refractivity contribution in [3.63, 3.8) is 0 Å². The number of anilines is 1. The highest BCUT2D eigenvalue weighted by Crippen LogP contribution is 2.18. The van der Waals surface area contributed by atoms with Crippen LogP contribution in [0, 0.1) is 13.8 Å². The minimum Gasteiger partial charge on any atom is -0.376 e. The van der Waals surface area contributed by atoms with Crippen LogP contribution < -0.4 is 5.32 Å². The van der Waals surface area contributed by atoms with E-state index in [1.54, 1.807) is 0 Å². The number of carbonyl (C=O) groups excluding carboxylic acids is 2. The van der Waals surface area contributed by atoms with Crippen molar-refractivity contribution in [2.45, 2.75) is 45.6 Å². The van der Waals surface area contributed by atoms with Crippen LogP contribution in [0.25, 0.3) is 0 Å². The van der Waals surface area contributed by atoms with Crippen molar-refractivity contribution < 1.29 is 22.7 Å². The predicted octanol–water partition coefficient (Wildman–Crippen LogP) is 3.30. The third kappa shape index (κ3) is 7.95. The summed E-state index contributed by atoms with van der Waals surface area (Å²) in [5.41, 5.74) is 3.75. The predicted molar refractivity (Wildman–Crippen MR) is 134 cm³/mol. The van der Waals surface area contributed by atoms with Gasteiger partial charge in [0.15, 0.2) is 9.84 Å². The summed E-state index contributed by atoms with van der Waals surface area (Å²) in [6.07, 6.45) is 2.56. The molecule has 2 amide bonds. The van der Waals surface area contributed by atoms with Crippen LogP contribution >= 0.6 is 0 Å². The number of carbonyl (C=O) groups is 2. The second-order valence-electron chi connectivity index (χ2n) is 8.89. The number of aryl methyl sites for hydroxylation is 2. The molecule has 0 aromatic heterocycles. The number of hydrogen-bond acceptors (Lipinski definition) is 5. The maximum absolute atomic E-state index is 13.0. The molecular weight excluding hydrogens is 452 g/mol. The fourth-order valence-corrected chi connectivity index (χ4v) is 5.32. The second kappa shape index (κ2) is 12.1. The van der Waals surface area contributed by atoms with Gasteiger partial charge in [0.05, 0.1) is 18.4 Å². The Kier molecular flexibility index (Phi) is 9.24. The van der Waals surface area contributed by atoms with E-state index in [4.69, 9.17) is 4.74 Å². The minimum absolute atomic E-state index is 0.0733. The van der Waals surface area contributed by atoms with Crippen LogP contribution in [-0.4, -0.2) is 62.4 Å². The Bertz CT molecular complexity index is 1080. The Morgan fingerprint density at radius 1 is 1.09 bits per heavy atom. The number of ether oxygens (including phenoxy) is 1. The molecule has 1 saturated heterocycles. The van der Waals surface area contributed by atoms with Crippen molar-refractivity contribution in [2.75, 3.05) is 36.5 Å². The summed E-state index contributed by atoms with van der Waals surface area (Å²) in [5.74, 6) is -1.60. The molecular formula is C26H34N2O5S. The summed E-state index contributed by atoms with van der Waals surface area (Å²) in [6, 6.07) is 15.3. The standard InChI is InChI=1S/C26H34N2O5S/c1-20-9-6-14-24(21(20)2)27-25(29)18-28(17-23-13-7-15-33-23)26(30)19-34(31,32)16-8-12-22-10-4-3-5-11-22/h3-6,9-11,14,23H,7-8,12-13,15-19H2,1-2H3,(H,27,29). The summed E-state index contributed by atoms with van der Waals surface area (Å²) >= 11 is 0. The first kappa shape index (κ1) is 25.9. The molecule has 2 aromatic carbocycles. The van der Waals surface area contributed by atoms with Crippen LogP contribution in [-0.2, 0) is 30.6 Å². The van der Waals surface area contributed by atoms with Gasteiger partial charge < -0.3 is 15.0 Å².